The summed E-state index contributed by atoms with van der Waals surface area (Å²) in [5.41, 5.74) is -0.514. The second-order valence-corrected chi connectivity index (χ2v) is 2.08. The monoisotopic (exact) mass is 170 g/mol. The Morgan fingerprint density at radius 2 is 1.50 bits per heavy atom. The Morgan fingerprint density at radius 3 is 1.67 bits per heavy atom. The van der Waals surface area contributed by atoms with Gasteiger partial charge in [-0.2, -0.15) is 0 Å². The zero-order valence-corrected chi connectivity index (χ0v) is 5.89. The molecule has 0 saturated carbocycles. The topological polar surface area (TPSA) is 106 Å². The standard InChI is InChI=1S/C6H6N2O4/c7-8-3(5(9)10)1-2-4(8)6(11)12/h1-2H,7H2,(H,9,10)(H,11,12). The minimum absolute atomic E-state index is 0.257. The molecular formula is C6H6N2O4. The van der Waals surface area contributed by atoms with Crippen molar-refractivity contribution in [2.24, 2.45) is 0 Å². The van der Waals surface area contributed by atoms with Gasteiger partial charge < -0.3 is 16.1 Å². The van der Waals surface area contributed by atoms with Crippen LogP contribution in [0, 0.1) is 0 Å². The number of aromatic nitrogens is 1. The van der Waals surface area contributed by atoms with Crippen LogP contribution in [0.25, 0.3) is 0 Å². The summed E-state index contributed by atoms with van der Waals surface area (Å²) in [6.45, 7) is 0. The van der Waals surface area contributed by atoms with E-state index in [9.17, 15) is 9.59 Å². The average Bonchev–Trinajstić information content (AvgIpc) is 2.30. The largest absolute Gasteiger partial charge is 0.477 e. The predicted octanol–water partition coefficient (Wildman–Crippen LogP) is -0.402. The number of carboxylic acids is 2. The van der Waals surface area contributed by atoms with E-state index in [4.69, 9.17) is 16.1 Å². The van der Waals surface area contributed by atoms with Gasteiger partial charge in [-0.25, -0.2) is 14.3 Å². The van der Waals surface area contributed by atoms with Crippen molar-refractivity contribution in [1.82, 2.24) is 4.68 Å². The van der Waals surface area contributed by atoms with Crippen molar-refractivity contribution in [1.29, 1.82) is 0 Å². The maximum atomic E-state index is 10.4. The van der Waals surface area contributed by atoms with Gasteiger partial charge in [-0.1, -0.05) is 0 Å². The molecule has 0 saturated heterocycles. The number of hydrogen-bond acceptors (Lipinski definition) is 3. The van der Waals surface area contributed by atoms with Crippen LogP contribution in [-0.4, -0.2) is 26.8 Å². The predicted molar refractivity (Wildman–Crippen MR) is 38.5 cm³/mol. The van der Waals surface area contributed by atoms with Crippen LogP contribution in [0.4, 0.5) is 0 Å². The zero-order valence-electron chi connectivity index (χ0n) is 5.89. The second kappa shape index (κ2) is 2.57. The van der Waals surface area contributed by atoms with E-state index in [-0.39, 0.29) is 11.4 Å². The molecule has 0 spiro atoms. The molecule has 0 aliphatic carbocycles. The molecule has 1 aromatic heterocycles. The van der Waals surface area contributed by atoms with Crippen molar-refractivity contribution < 1.29 is 19.8 Å². The van der Waals surface area contributed by atoms with E-state index in [0.717, 1.165) is 12.1 Å². The molecule has 0 amide bonds. The fourth-order valence-corrected chi connectivity index (χ4v) is 0.797. The van der Waals surface area contributed by atoms with Crippen LogP contribution < -0.4 is 5.84 Å². The molecule has 1 heterocycles. The Balaban J connectivity index is 3.22. The summed E-state index contributed by atoms with van der Waals surface area (Å²) in [6.07, 6.45) is 0. The highest BCUT2D eigenvalue weighted by Crippen LogP contribution is 2.04. The van der Waals surface area contributed by atoms with E-state index in [1.54, 1.807) is 0 Å². The molecule has 0 atom stereocenters. The molecular weight excluding hydrogens is 164 g/mol. The lowest BCUT2D eigenvalue weighted by atomic mass is 10.4. The number of nitrogens with zero attached hydrogens (tertiary/aromatic N) is 1. The van der Waals surface area contributed by atoms with Crippen molar-refractivity contribution in [3.63, 3.8) is 0 Å². The highest BCUT2D eigenvalue weighted by Gasteiger charge is 2.15. The van der Waals surface area contributed by atoms with Gasteiger partial charge in [-0.15, -0.1) is 0 Å². The molecule has 1 rings (SSSR count). The number of rotatable bonds is 2. The SMILES string of the molecule is Nn1c(C(=O)O)ccc1C(=O)O. The molecule has 0 bridgehead atoms. The fourth-order valence-electron chi connectivity index (χ4n) is 0.797. The minimum atomic E-state index is -1.26. The molecule has 12 heavy (non-hydrogen) atoms. The van der Waals surface area contributed by atoms with Gasteiger partial charge >= 0.3 is 11.9 Å². The molecule has 0 aromatic carbocycles. The number of aromatic carboxylic acids is 2. The molecule has 6 heteroatoms. The molecule has 0 unspecified atom stereocenters. The first-order valence-corrected chi connectivity index (χ1v) is 2.97. The van der Waals surface area contributed by atoms with Crippen molar-refractivity contribution in [3.05, 3.63) is 23.5 Å². The lowest BCUT2D eigenvalue weighted by molar-refractivity contribution is 0.0682. The van der Waals surface area contributed by atoms with Gasteiger partial charge in [0.1, 0.15) is 11.4 Å². The van der Waals surface area contributed by atoms with Crippen LogP contribution >= 0.6 is 0 Å². The van der Waals surface area contributed by atoms with Gasteiger partial charge in [0.15, 0.2) is 0 Å². The number of carboxylic acid groups (broad SMARTS) is 2. The molecule has 0 aliphatic heterocycles. The third-order valence-electron chi connectivity index (χ3n) is 1.36. The summed E-state index contributed by atoms with van der Waals surface area (Å²) >= 11 is 0. The first kappa shape index (κ1) is 8.12. The Hall–Kier alpha value is -1.98. The number of nitrogen functional groups attached to an aromatic ring is 1. The first-order valence-electron chi connectivity index (χ1n) is 2.97. The molecule has 0 aliphatic rings. The van der Waals surface area contributed by atoms with Crippen molar-refractivity contribution in [2.45, 2.75) is 0 Å². The normalized spacial score (nSPS) is 9.67. The molecule has 4 N–H and O–H groups in total. The van der Waals surface area contributed by atoms with E-state index < -0.39 is 11.9 Å². The zero-order chi connectivity index (χ0) is 9.30. The smallest absolute Gasteiger partial charge is 0.354 e. The lowest BCUT2D eigenvalue weighted by Gasteiger charge is -1.99. The van der Waals surface area contributed by atoms with E-state index in [1.165, 1.54) is 0 Å². The fraction of sp³-hybridized carbons (Fsp3) is 0. The Labute approximate surface area is 66.8 Å². The number of carbonyl (C=O) groups is 2. The quantitative estimate of drug-likeness (QED) is 0.523. The summed E-state index contributed by atoms with van der Waals surface area (Å²) in [4.78, 5) is 20.7. The van der Waals surface area contributed by atoms with Gasteiger partial charge in [0.25, 0.3) is 0 Å². The maximum Gasteiger partial charge on any atom is 0.354 e. The Bertz CT molecular complexity index is 310. The van der Waals surface area contributed by atoms with Crippen LogP contribution in [-0.2, 0) is 0 Å². The van der Waals surface area contributed by atoms with E-state index in [2.05, 4.69) is 0 Å². The van der Waals surface area contributed by atoms with E-state index >= 15 is 0 Å². The number of nitrogens with two attached hydrogens (primary N) is 1. The van der Waals surface area contributed by atoms with Crippen LogP contribution in [0.1, 0.15) is 21.0 Å². The van der Waals surface area contributed by atoms with Gasteiger partial charge in [0.05, 0.1) is 0 Å². The first-order chi connectivity index (χ1) is 5.54. The van der Waals surface area contributed by atoms with Gasteiger partial charge in [-0.3, -0.25) is 0 Å². The maximum absolute atomic E-state index is 10.4. The molecule has 6 nitrogen and oxygen atoms in total. The highest BCUT2D eigenvalue weighted by molar-refractivity contribution is 5.91. The van der Waals surface area contributed by atoms with Crippen molar-refractivity contribution in [2.75, 3.05) is 5.84 Å². The van der Waals surface area contributed by atoms with Crippen LogP contribution in [0.15, 0.2) is 12.1 Å². The molecule has 1 aromatic rings. The average molecular weight is 170 g/mol. The third kappa shape index (κ3) is 1.09. The van der Waals surface area contributed by atoms with Gasteiger partial charge in [0, 0.05) is 0 Å². The summed E-state index contributed by atoms with van der Waals surface area (Å²) in [5, 5.41) is 16.9. The second-order valence-electron chi connectivity index (χ2n) is 2.08. The number of hydrogen-bond donors (Lipinski definition) is 3. The summed E-state index contributed by atoms with van der Waals surface area (Å²) in [5.74, 6) is 2.64. The summed E-state index contributed by atoms with van der Waals surface area (Å²) in [6, 6.07) is 2.26. The van der Waals surface area contributed by atoms with Crippen molar-refractivity contribution >= 4 is 11.9 Å². The Kier molecular flexibility index (Phi) is 1.74. The van der Waals surface area contributed by atoms with E-state index in [1.807, 2.05) is 0 Å². The van der Waals surface area contributed by atoms with E-state index in [0.29, 0.717) is 4.68 Å². The molecule has 64 valence electrons. The third-order valence-corrected chi connectivity index (χ3v) is 1.36. The van der Waals surface area contributed by atoms with Gasteiger partial charge in [0.2, 0.25) is 0 Å². The van der Waals surface area contributed by atoms with Crippen LogP contribution in [0.2, 0.25) is 0 Å². The Morgan fingerprint density at radius 1 is 1.17 bits per heavy atom. The molecule has 0 radical (unpaired) electrons. The van der Waals surface area contributed by atoms with Gasteiger partial charge in [-0.05, 0) is 12.1 Å². The summed E-state index contributed by atoms with van der Waals surface area (Å²) < 4.78 is 0.616. The molecule has 0 fully saturated rings. The van der Waals surface area contributed by atoms with Crippen LogP contribution in [0.5, 0.6) is 0 Å². The minimum Gasteiger partial charge on any atom is -0.477 e. The highest BCUT2D eigenvalue weighted by atomic mass is 16.4. The lowest BCUT2D eigenvalue weighted by Crippen LogP contribution is -2.20. The summed E-state index contributed by atoms with van der Waals surface area (Å²) in [7, 11) is 0. The van der Waals surface area contributed by atoms with Crippen LogP contribution in [0.3, 0.4) is 0 Å². The van der Waals surface area contributed by atoms with Crippen molar-refractivity contribution in [3.8, 4) is 0 Å².